The number of carbonyl (C=O) groups is 2. The molecule has 10 nitrogen and oxygen atoms in total. The minimum atomic E-state index is -3.88. The van der Waals surface area contributed by atoms with Gasteiger partial charge >= 0.3 is 5.97 Å². The van der Waals surface area contributed by atoms with E-state index in [2.05, 4.69) is 25.2 Å². The summed E-state index contributed by atoms with van der Waals surface area (Å²) in [6.07, 6.45) is 2.79. The van der Waals surface area contributed by atoms with Crippen LogP contribution in [0.15, 0.2) is 52.7 Å². The summed E-state index contributed by atoms with van der Waals surface area (Å²) in [5.41, 5.74) is 2.02. The molecule has 0 saturated heterocycles. The Labute approximate surface area is 142 Å². The van der Waals surface area contributed by atoms with Crippen molar-refractivity contribution in [3.8, 4) is 0 Å². The molecule has 11 heteroatoms. The zero-order chi connectivity index (χ0) is 18.4. The number of sulfonamides is 1. The zero-order valence-corrected chi connectivity index (χ0v) is 13.7. The van der Waals surface area contributed by atoms with E-state index in [0.29, 0.717) is 5.69 Å². The van der Waals surface area contributed by atoms with Gasteiger partial charge in [-0.05, 0) is 30.3 Å². The summed E-state index contributed by atoms with van der Waals surface area (Å²) in [6.45, 7) is 1.07. The number of hydrogen-bond donors (Lipinski definition) is 3. The summed E-state index contributed by atoms with van der Waals surface area (Å²) >= 11 is 0. The van der Waals surface area contributed by atoms with Gasteiger partial charge in [0, 0.05) is 19.3 Å². The number of aromatic nitrogens is 2. The number of aliphatic carboxylic acids is 1. The summed E-state index contributed by atoms with van der Waals surface area (Å²) in [4.78, 5) is 29.4. The van der Waals surface area contributed by atoms with E-state index in [0.717, 1.165) is 6.92 Å². The fourth-order valence-corrected chi connectivity index (χ4v) is 2.60. The lowest BCUT2D eigenvalue weighted by Crippen LogP contribution is -2.22. The van der Waals surface area contributed by atoms with Crippen LogP contribution in [0.4, 0.5) is 11.6 Å². The van der Waals surface area contributed by atoms with E-state index >= 15 is 0 Å². The second-order valence-electron chi connectivity index (χ2n) is 4.64. The van der Waals surface area contributed by atoms with Gasteiger partial charge in [0.15, 0.2) is 5.78 Å². The number of ketones is 1. The van der Waals surface area contributed by atoms with Crippen LogP contribution < -0.4 is 10.1 Å². The molecule has 0 radical (unpaired) electrons. The van der Waals surface area contributed by atoms with Gasteiger partial charge in [-0.1, -0.05) is 0 Å². The molecule has 2 aromatic rings. The van der Waals surface area contributed by atoms with Crippen molar-refractivity contribution in [2.45, 2.75) is 11.8 Å². The molecular weight excluding hydrogens is 350 g/mol. The summed E-state index contributed by atoms with van der Waals surface area (Å²) in [6, 6.07) is 6.83. The maximum Gasteiger partial charge on any atom is 0.360 e. The Balaban J connectivity index is 2.15. The van der Waals surface area contributed by atoms with Crippen LogP contribution in [0.1, 0.15) is 6.92 Å². The highest BCUT2D eigenvalue weighted by molar-refractivity contribution is 7.92. The predicted molar refractivity (Wildman–Crippen MR) is 88.7 cm³/mol. The first-order chi connectivity index (χ1) is 11.8. The highest BCUT2D eigenvalue weighted by Gasteiger charge is 2.16. The second kappa shape index (κ2) is 7.49. The van der Waals surface area contributed by atoms with E-state index in [9.17, 15) is 18.0 Å². The molecular formula is C14H13N5O5S. The molecule has 0 atom stereocenters. The van der Waals surface area contributed by atoms with Crippen LogP contribution >= 0.6 is 0 Å². The first-order valence-electron chi connectivity index (χ1n) is 6.77. The molecule has 0 bridgehead atoms. The highest BCUT2D eigenvalue weighted by atomic mass is 32.2. The van der Waals surface area contributed by atoms with E-state index in [4.69, 9.17) is 5.11 Å². The first-order valence-corrected chi connectivity index (χ1v) is 8.26. The number of benzene rings is 1. The lowest BCUT2D eigenvalue weighted by atomic mass is 10.3. The molecule has 0 spiro atoms. The van der Waals surface area contributed by atoms with Crippen molar-refractivity contribution in [2.24, 2.45) is 5.10 Å². The van der Waals surface area contributed by atoms with Gasteiger partial charge < -0.3 is 5.11 Å². The first kappa shape index (κ1) is 18.0. The molecule has 0 amide bonds. The summed E-state index contributed by atoms with van der Waals surface area (Å²) in [7, 11) is -3.88. The van der Waals surface area contributed by atoms with Crippen molar-refractivity contribution in [1.29, 1.82) is 0 Å². The number of nitrogens with one attached hydrogen (secondary N) is 2. The number of hydrogen-bond acceptors (Lipinski definition) is 8. The molecule has 1 heterocycles. The number of carbonyl (C=O) groups excluding carboxylic acids is 1. The minimum Gasteiger partial charge on any atom is -0.476 e. The fourth-order valence-electron chi connectivity index (χ4n) is 1.64. The largest absolute Gasteiger partial charge is 0.476 e. The van der Waals surface area contributed by atoms with Gasteiger partial charge in [0.25, 0.3) is 10.0 Å². The van der Waals surface area contributed by atoms with E-state index < -0.39 is 27.5 Å². The van der Waals surface area contributed by atoms with E-state index in [1.807, 2.05) is 0 Å². The van der Waals surface area contributed by atoms with Crippen molar-refractivity contribution < 1.29 is 23.1 Å². The van der Waals surface area contributed by atoms with Crippen molar-refractivity contribution in [1.82, 2.24) is 9.97 Å². The third-order valence-electron chi connectivity index (χ3n) is 2.79. The molecule has 0 aliphatic rings. The van der Waals surface area contributed by atoms with Crippen LogP contribution in [0.3, 0.4) is 0 Å². The van der Waals surface area contributed by atoms with Crippen LogP contribution in [0.2, 0.25) is 0 Å². The second-order valence-corrected chi connectivity index (χ2v) is 6.32. The van der Waals surface area contributed by atoms with E-state index in [-0.39, 0.29) is 10.8 Å². The van der Waals surface area contributed by atoms with E-state index in [1.54, 1.807) is 6.07 Å². The third-order valence-corrected chi connectivity index (χ3v) is 4.13. The summed E-state index contributed by atoms with van der Waals surface area (Å²) in [5, 5.41) is 12.3. The fraction of sp³-hybridized carbons (Fsp3) is 0.0714. The van der Waals surface area contributed by atoms with Crippen LogP contribution in [0.5, 0.6) is 0 Å². The molecule has 0 aliphatic heterocycles. The number of rotatable bonds is 7. The Hall–Kier alpha value is -3.34. The number of nitrogens with zero attached hydrogens (tertiary/aromatic N) is 3. The lowest BCUT2D eigenvalue weighted by Gasteiger charge is -2.07. The summed E-state index contributed by atoms with van der Waals surface area (Å²) in [5.74, 6) is -2.25. The van der Waals surface area contributed by atoms with Crippen LogP contribution in [0.25, 0.3) is 0 Å². The Morgan fingerprint density at radius 3 is 2.24 bits per heavy atom. The average molecular weight is 363 g/mol. The van der Waals surface area contributed by atoms with Crippen molar-refractivity contribution in [3.63, 3.8) is 0 Å². The molecule has 2 rings (SSSR count). The van der Waals surface area contributed by atoms with Crippen LogP contribution in [-0.4, -0.2) is 41.0 Å². The molecule has 1 aromatic heterocycles. The lowest BCUT2D eigenvalue weighted by molar-refractivity contribution is -0.130. The Morgan fingerprint density at radius 1 is 1.12 bits per heavy atom. The molecule has 3 N–H and O–H groups in total. The standard InChI is InChI=1S/C14H13N5O5S/c1-9(20)12(13(21)22)18-17-10-3-5-11(6-4-10)25(23,24)19-14-15-7-2-8-16-14/h2-8,17H,1H3,(H,21,22)(H,15,16,19)/b18-12+. The van der Waals surface area contributed by atoms with Gasteiger partial charge in [-0.3, -0.25) is 10.2 Å². The highest BCUT2D eigenvalue weighted by Crippen LogP contribution is 2.16. The minimum absolute atomic E-state index is 0.0560. The van der Waals surface area contributed by atoms with Crippen LogP contribution in [0, 0.1) is 0 Å². The molecule has 0 saturated carbocycles. The topological polar surface area (TPSA) is 151 Å². The number of hydrazone groups is 1. The molecule has 1 aromatic carbocycles. The number of carboxylic acids is 1. The van der Waals surface area contributed by atoms with Gasteiger partial charge in [0.1, 0.15) is 0 Å². The maximum atomic E-state index is 12.2. The molecule has 0 unspecified atom stereocenters. The average Bonchev–Trinajstić information content (AvgIpc) is 2.55. The quantitative estimate of drug-likeness (QED) is 0.370. The predicted octanol–water partition coefficient (Wildman–Crippen LogP) is 0.719. The number of Topliss-reactive ketones (excluding diaryl/α,β-unsaturated/α-hetero) is 1. The third kappa shape index (κ3) is 4.81. The molecule has 0 aliphatic carbocycles. The van der Waals surface area contributed by atoms with E-state index in [1.165, 1.54) is 36.7 Å². The zero-order valence-electron chi connectivity index (χ0n) is 12.9. The Bertz CT molecular complexity index is 894. The van der Waals surface area contributed by atoms with Gasteiger partial charge in [-0.25, -0.2) is 27.9 Å². The monoisotopic (exact) mass is 363 g/mol. The Kier molecular flexibility index (Phi) is 5.39. The Morgan fingerprint density at radius 2 is 1.72 bits per heavy atom. The maximum absolute atomic E-state index is 12.2. The van der Waals surface area contributed by atoms with Crippen molar-refractivity contribution in [3.05, 3.63) is 42.7 Å². The van der Waals surface area contributed by atoms with Crippen molar-refractivity contribution >= 4 is 39.1 Å². The SMILES string of the molecule is CC(=O)/C(=N\Nc1ccc(S(=O)(=O)Nc2ncccn2)cc1)C(=O)O. The number of carboxylic acid groups (broad SMARTS) is 1. The smallest absolute Gasteiger partial charge is 0.360 e. The summed E-state index contributed by atoms with van der Waals surface area (Å²) < 4.78 is 26.6. The number of anilines is 2. The van der Waals surface area contributed by atoms with Gasteiger partial charge in [-0.2, -0.15) is 5.10 Å². The molecule has 130 valence electrons. The molecule has 0 fully saturated rings. The van der Waals surface area contributed by atoms with Gasteiger partial charge in [0.2, 0.25) is 11.7 Å². The molecule has 25 heavy (non-hydrogen) atoms. The van der Waals surface area contributed by atoms with Gasteiger partial charge in [0.05, 0.1) is 10.6 Å². The van der Waals surface area contributed by atoms with Crippen molar-refractivity contribution in [2.75, 3.05) is 10.1 Å². The van der Waals surface area contributed by atoms with Gasteiger partial charge in [-0.15, -0.1) is 0 Å². The van der Waals surface area contributed by atoms with Crippen LogP contribution in [-0.2, 0) is 19.6 Å². The normalized spacial score (nSPS) is 11.6.